The van der Waals surface area contributed by atoms with Crippen LogP contribution in [0.25, 0.3) is 0 Å². The molecule has 3 aromatic rings. The van der Waals surface area contributed by atoms with E-state index in [2.05, 4.69) is 40.5 Å². The minimum Gasteiger partial charge on any atom is -0.494 e. The quantitative estimate of drug-likeness (QED) is 0.240. The summed E-state index contributed by atoms with van der Waals surface area (Å²) in [4.78, 5) is 2.39. The van der Waals surface area contributed by atoms with Crippen LogP contribution in [0, 0.1) is 0 Å². The predicted molar refractivity (Wildman–Crippen MR) is 164 cm³/mol. The van der Waals surface area contributed by atoms with Gasteiger partial charge in [0.1, 0.15) is 42.8 Å². The Morgan fingerprint density at radius 2 is 1.71 bits per heavy atom. The van der Waals surface area contributed by atoms with Gasteiger partial charge in [-0.25, -0.2) is 0 Å². The van der Waals surface area contributed by atoms with Gasteiger partial charge in [0.25, 0.3) is 0 Å². The highest BCUT2D eigenvalue weighted by molar-refractivity contribution is 5.61. The van der Waals surface area contributed by atoms with Gasteiger partial charge in [0.05, 0.1) is 31.5 Å². The summed E-state index contributed by atoms with van der Waals surface area (Å²) in [6.07, 6.45) is 2.12. The number of rotatable bonds is 15. The molecule has 8 nitrogen and oxygen atoms in total. The first-order valence-corrected chi connectivity index (χ1v) is 15.1. The molecule has 0 aliphatic carbocycles. The van der Waals surface area contributed by atoms with Gasteiger partial charge in [0.15, 0.2) is 0 Å². The van der Waals surface area contributed by atoms with Crippen molar-refractivity contribution in [2.75, 3.05) is 71.2 Å². The average Bonchev–Trinajstić information content (AvgIpc) is 3.03. The molecular weight excluding hydrogens is 532 g/mol. The van der Waals surface area contributed by atoms with Gasteiger partial charge in [0.2, 0.25) is 0 Å². The van der Waals surface area contributed by atoms with E-state index >= 15 is 0 Å². The van der Waals surface area contributed by atoms with Crippen molar-refractivity contribution < 1.29 is 28.4 Å². The predicted octanol–water partition coefficient (Wildman–Crippen LogP) is 5.44. The van der Waals surface area contributed by atoms with Crippen molar-refractivity contribution in [1.29, 1.82) is 0 Å². The van der Waals surface area contributed by atoms with Crippen LogP contribution in [0.4, 0.5) is 5.69 Å². The van der Waals surface area contributed by atoms with Crippen molar-refractivity contribution in [3.05, 3.63) is 77.9 Å². The summed E-state index contributed by atoms with van der Waals surface area (Å²) >= 11 is 0. The maximum absolute atomic E-state index is 6.54. The molecular formula is C34H44N2O6. The zero-order valence-electron chi connectivity index (χ0n) is 24.9. The van der Waals surface area contributed by atoms with Gasteiger partial charge >= 0.3 is 0 Å². The number of anilines is 1. The SMILES string of the molecule is CCOc1cccc(OCCOc2ccc([C@H]3CCNC[C@@H]3OCc3ccc4c(c3)N(CCCOC)CCO4)cc2)c1. The Kier molecular flexibility index (Phi) is 11.2. The Morgan fingerprint density at radius 3 is 2.52 bits per heavy atom. The lowest BCUT2D eigenvalue weighted by Gasteiger charge is -2.33. The normalized spacial score (nSPS) is 18.2. The molecule has 2 heterocycles. The van der Waals surface area contributed by atoms with Crippen LogP contribution in [0.3, 0.4) is 0 Å². The van der Waals surface area contributed by atoms with Crippen molar-refractivity contribution in [3.8, 4) is 23.0 Å². The third kappa shape index (κ3) is 8.31. The van der Waals surface area contributed by atoms with Crippen LogP contribution in [-0.4, -0.2) is 72.4 Å². The molecule has 1 fully saturated rings. The van der Waals surface area contributed by atoms with Crippen LogP contribution in [0.15, 0.2) is 66.7 Å². The first-order valence-electron chi connectivity index (χ1n) is 15.1. The second kappa shape index (κ2) is 15.7. The third-order valence-electron chi connectivity index (χ3n) is 7.70. The Balaban J connectivity index is 1.12. The molecule has 226 valence electrons. The summed E-state index contributed by atoms with van der Waals surface area (Å²) in [6, 6.07) is 22.5. The van der Waals surface area contributed by atoms with E-state index in [9.17, 15) is 0 Å². The van der Waals surface area contributed by atoms with Crippen molar-refractivity contribution in [2.45, 2.75) is 38.4 Å². The summed E-state index contributed by atoms with van der Waals surface area (Å²) in [5, 5.41) is 3.51. The number of fused-ring (bicyclic) bond motifs is 1. The van der Waals surface area contributed by atoms with E-state index in [1.165, 1.54) is 5.56 Å². The third-order valence-corrected chi connectivity index (χ3v) is 7.70. The van der Waals surface area contributed by atoms with E-state index in [0.29, 0.717) is 39.0 Å². The molecule has 0 radical (unpaired) electrons. The fraction of sp³-hybridized carbons (Fsp3) is 0.471. The first kappa shape index (κ1) is 30.0. The van der Waals surface area contributed by atoms with Crippen molar-refractivity contribution >= 4 is 5.69 Å². The van der Waals surface area contributed by atoms with E-state index in [1.54, 1.807) is 7.11 Å². The number of methoxy groups -OCH3 is 1. The van der Waals surface area contributed by atoms with Gasteiger partial charge in [-0.2, -0.15) is 0 Å². The molecule has 0 bridgehead atoms. The van der Waals surface area contributed by atoms with Crippen molar-refractivity contribution in [2.24, 2.45) is 0 Å². The highest BCUT2D eigenvalue weighted by Crippen LogP contribution is 2.34. The van der Waals surface area contributed by atoms with E-state index in [4.69, 9.17) is 28.4 Å². The molecule has 2 aliphatic heterocycles. The highest BCUT2D eigenvalue weighted by Gasteiger charge is 2.27. The van der Waals surface area contributed by atoms with Crippen LogP contribution in [0.1, 0.15) is 36.8 Å². The minimum atomic E-state index is 0.0939. The summed E-state index contributed by atoms with van der Waals surface area (Å²) in [5.41, 5.74) is 3.59. The van der Waals surface area contributed by atoms with Gasteiger partial charge in [-0.3, -0.25) is 0 Å². The summed E-state index contributed by atoms with van der Waals surface area (Å²) in [6.45, 7) is 9.24. The second-order valence-corrected chi connectivity index (χ2v) is 10.6. The molecule has 5 rings (SSSR count). The lowest BCUT2D eigenvalue weighted by Crippen LogP contribution is -2.41. The molecule has 1 N–H and O–H groups in total. The van der Waals surface area contributed by atoms with Gasteiger partial charge in [-0.1, -0.05) is 24.3 Å². The van der Waals surface area contributed by atoms with Crippen LogP contribution >= 0.6 is 0 Å². The van der Waals surface area contributed by atoms with Crippen LogP contribution < -0.4 is 29.2 Å². The van der Waals surface area contributed by atoms with Gasteiger partial charge in [0, 0.05) is 38.8 Å². The fourth-order valence-electron chi connectivity index (χ4n) is 5.58. The van der Waals surface area contributed by atoms with Crippen molar-refractivity contribution in [3.63, 3.8) is 0 Å². The maximum atomic E-state index is 6.54. The smallest absolute Gasteiger partial charge is 0.142 e. The number of nitrogens with zero attached hydrogens (tertiary/aromatic N) is 1. The minimum absolute atomic E-state index is 0.0939. The molecule has 0 amide bonds. The zero-order chi connectivity index (χ0) is 29.0. The van der Waals surface area contributed by atoms with Gasteiger partial charge < -0.3 is 38.6 Å². The largest absolute Gasteiger partial charge is 0.494 e. The van der Waals surface area contributed by atoms with Gasteiger partial charge in [-0.15, -0.1) is 0 Å². The Labute approximate surface area is 249 Å². The maximum Gasteiger partial charge on any atom is 0.142 e. The topological polar surface area (TPSA) is 70.7 Å². The summed E-state index contributed by atoms with van der Waals surface area (Å²) in [5.74, 6) is 3.70. The Morgan fingerprint density at radius 1 is 0.905 bits per heavy atom. The molecule has 2 atom stereocenters. The number of ether oxygens (including phenoxy) is 6. The molecule has 0 aromatic heterocycles. The van der Waals surface area contributed by atoms with Crippen LogP contribution in [-0.2, 0) is 16.1 Å². The van der Waals surface area contributed by atoms with E-state index in [0.717, 1.165) is 79.9 Å². The van der Waals surface area contributed by atoms with E-state index in [-0.39, 0.29) is 6.10 Å². The standard InChI is InChI=1S/C34H44N2O6/c1-3-38-29-6-4-7-30(23-29)40-21-20-39-28-11-9-27(10-12-28)31-14-15-35-24-34(31)42-25-26-8-13-33-32(22-26)36(17-19-41-33)16-5-18-37-2/h4,6-13,22-23,31,34-35H,3,5,14-21,24-25H2,1-2H3/t31-,34+/m1/s1. The second-order valence-electron chi connectivity index (χ2n) is 10.6. The Bertz CT molecular complexity index is 1240. The molecule has 0 spiro atoms. The van der Waals surface area contributed by atoms with E-state index < -0.39 is 0 Å². The number of hydrogen-bond donors (Lipinski definition) is 1. The number of nitrogens with one attached hydrogen (secondary N) is 1. The summed E-state index contributed by atoms with van der Waals surface area (Å²) in [7, 11) is 1.75. The molecule has 42 heavy (non-hydrogen) atoms. The number of hydrogen-bond acceptors (Lipinski definition) is 8. The lowest BCUT2D eigenvalue weighted by atomic mass is 9.87. The summed E-state index contributed by atoms with van der Waals surface area (Å²) < 4.78 is 35.0. The number of benzene rings is 3. The molecule has 0 unspecified atom stereocenters. The molecule has 2 aliphatic rings. The molecule has 0 saturated carbocycles. The zero-order valence-corrected chi connectivity index (χ0v) is 24.9. The Hall–Kier alpha value is -3.46. The van der Waals surface area contributed by atoms with Crippen LogP contribution in [0.2, 0.25) is 0 Å². The van der Waals surface area contributed by atoms with Crippen LogP contribution in [0.5, 0.6) is 23.0 Å². The van der Waals surface area contributed by atoms with Crippen molar-refractivity contribution in [1.82, 2.24) is 5.32 Å². The molecule has 3 aromatic carbocycles. The fourth-order valence-corrected chi connectivity index (χ4v) is 5.58. The monoisotopic (exact) mass is 576 g/mol. The van der Waals surface area contributed by atoms with E-state index in [1.807, 2.05) is 43.3 Å². The lowest BCUT2D eigenvalue weighted by molar-refractivity contribution is 0.0106. The number of piperidine rings is 1. The first-order chi connectivity index (χ1) is 20.7. The molecule has 1 saturated heterocycles. The highest BCUT2D eigenvalue weighted by atomic mass is 16.5. The average molecular weight is 577 g/mol. The van der Waals surface area contributed by atoms with Gasteiger partial charge in [-0.05, 0) is 73.8 Å². The molecule has 8 heteroatoms.